The maximum atomic E-state index is 5.87. The third-order valence-corrected chi connectivity index (χ3v) is 4.07. The Morgan fingerprint density at radius 2 is 1.36 bits per heavy atom. The molecule has 0 saturated heterocycles. The molecule has 1 nitrogen and oxygen atoms in total. The van der Waals surface area contributed by atoms with Crippen molar-refractivity contribution >= 4 is 0 Å². The molecule has 0 aliphatic carbocycles. The topological polar surface area (TPSA) is 9.23 Å². The number of allylic oxidation sites excluding steroid dienone is 2. The van der Waals surface area contributed by atoms with Crippen molar-refractivity contribution in [1.82, 2.24) is 0 Å². The van der Waals surface area contributed by atoms with Gasteiger partial charge in [-0.15, -0.1) is 0 Å². The fourth-order valence-corrected chi connectivity index (χ4v) is 2.64. The van der Waals surface area contributed by atoms with Crippen LogP contribution >= 0.6 is 0 Å². The van der Waals surface area contributed by atoms with Crippen molar-refractivity contribution in [2.75, 3.05) is 0 Å². The van der Waals surface area contributed by atoms with Crippen molar-refractivity contribution in [2.45, 2.75) is 110 Å². The van der Waals surface area contributed by atoms with Crippen molar-refractivity contribution in [3.8, 4) is 0 Å². The monoisotopic (exact) mass is 308 g/mol. The molecule has 0 rings (SSSR count). The molecule has 0 aromatic carbocycles. The first-order valence-corrected chi connectivity index (χ1v) is 9.78. The van der Waals surface area contributed by atoms with E-state index in [4.69, 9.17) is 4.74 Å². The van der Waals surface area contributed by atoms with Gasteiger partial charge >= 0.3 is 0 Å². The van der Waals surface area contributed by atoms with Gasteiger partial charge in [0.2, 0.25) is 0 Å². The van der Waals surface area contributed by atoms with Gasteiger partial charge in [-0.05, 0) is 44.8 Å². The van der Waals surface area contributed by atoms with Gasteiger partial charge in [0, 0.05) is 0 Å². The van der Waals surface area contributed by atoms with Gasteiger partial charge in [0.15, 0.2) is 0 Å². The average Bonchev–Trinajstić information content (AvgIpc) is 2.53. The SMILES string of the molecule is C/C=C/C(CCCCCCC)O/C=C/CCCCCCCC. The Morgan fingerprint density at radius 3 is 2.00 bits per heavy atom. The van der Waals surface area contributed by atoms with E-state index in [9.17, 15) is 0 Å². The summed E-state index contributed by atoms with van der Waals surface area (Å²) in [6.07, 6.45) is 25.9. The van der Waals surface area contributed by atoms with Gasteiger partial charge < -0.3 is 4.74 Å². The molecule has 0 aromatic heterocycles. The van der Waals surface area contributed by atoms with Crippen molar-refractivity contribution in [1.29, 1.82) is 0 Å². The first kappa shape index (κ1) is 21.3. The Labute approximate surface area is 140 Å². The number of rotatable bonds is 16. The van der Waals surface area contributed by atoms with Gasteiger partial charge in [0.25, 0.3) is 0 Å². The molecule has 0 fully saturated rings. The molecule has 22 heavy (non-hydrogen) atoms. The minimum Gasteiger partial charge on any atom is -0.494 e. The molecule has 0 N–H and O–H groups in total. The summed E-state index contributed by atoms with van der Waals surface area (Å²) in [5, 5.41) is 0. The Balaban J connectivity index is 3.60. The zero-order valence-corrected chi connectivity index (χ0v) is 15.5. The molecule has 1 unspecified atom stereocenters. The predicted molar refractivity (Wildman–Crippen MR) is 100 cm³/mol. The molecule has 0 spiro atoms. The highest BCUT2D eigenvalue weighted by atomic mass is 16.5. The predicted octanol–water partition coefficient (Wildman–Crippen LogP) is 7.57. The van der Waals surface area contributed by atoms with Crippen molar-refractivity contribution in [2.24, 2.45) is 0 Å². The number of ether oxygens (including phenoxy) is 1. The summed E-state index contributed by atoms with van der Waals surface area (Å²) < 4.78 is 5.87. The smallest absolute Gasteiger partial charge is 0.116 e. The lowest BCUT2D eigenvalue weighted by Gasteiger charge is -2.12. The van der Waals surface area contributed by atoms with Crippen LogP contribution in [0.1, 0.15) is 104 Å². The molecule has 0 heterocycles. The van der Waals surface area contributed by atoms with Gasteiger partial charge in [-0.25, -0.2) is 0 Å². The van der Waals surface area contributed by atoms with E-state index in [2.05, 4.69) is 39.0 Å². The number of hydrogen-bond donors (Lipinski definition) is 0. The molecule has 0 aliphatic heterocycles. The molecule has 0 radical (unpaired) electrons. The lowest BCUT2D eigenvalue weighted by Crippen LogP contribution is -2.05. The van der Waals surface area contributed by atoms with Crippen LogP contribution in [-0.4, -0.2) is 6.10 Å². The highest BCUT2D eigenvalue weighted by molar-refractivity contribution is 4.89. The number of unbranched alkanes of at least 4 members (excludes halogenated alkanes) is 10. The molecule has 0 saturated carbocycles. The van der Waals surface area contributed by atoms with Crippen LogP contribution in [0, 0.1) is 0 Å². The molecule has 0 aliphatic rings. The molecule has 1 heteroatoms. The minimum atomic E-state index is 0.271. The van der Waals surface area contributed by atoms with Crippen LogP contribution in [0.5, 0.6) is 0 Å². The first-order chi connectivity index (χ1) is 10.8. The van der Waals surface area contributed by atoms with Crippen LogP contribution in [0.15, 0.2) is 24.5 Å². The van der Waals surface area contributed by atoms with E-state index in [-0.39, 0.29) is 6.10 Å². The van der Waals surface area contributed by atoms with E-state index in [1.54, 1.807) is 0 Å². The molecular formula is C21H40O. The molecule has 0 aromatic rings. The molecule has 0 bridgehead atoms. The first-order valence-electron chi connectivity index (χ1n) is 9.78. The van der Waals surface area contributed by atoms with E-state index < -0.39 is 0 Å². The fraction of sp³-hybridized carbons (Fsp3) is 0.810. The van der Waals surface area contributed by atoms with Gasteiger partial charge in [0.05, 0.1) is 6.26 Å². The van der Waals surface area contributed by atoms with E-state index >= 15 is 0 Å². The summed E-state index contributed by atoms with van der Waals surface area (Å²) in [4.78, 5) is 0. The summed E-state index contributed by atoms with van der Waals surface area (Å²) >= 11 is 0. The van der Waals surface area contributed by atoms with Gasteiger partial charge in [0.1, 0.15) is 6.10 Å². The van der Waals surface area contributed by atoms with Crippen LogP contribution < -0.4 is 0 Å². The van der Waals surface area contributed by atoms with Gasteiger partial charge in [-0.3, -0.25) is 0 Å². The number of hydrogen-bond acceptors (Lipinski definition) is 1. The molecule has 1 atom stereocenters. The van der Waals surface area contributed by atoms with Gasteiger partial charge in [-0.1, -0.05) is 77.7 Å². The van der Waals surface area contributed by atoms with Crippen LogP contribution in [0.25, 0.3) is 0 Å². The maximum Gasteiger partial charge on any atom is 0.116 e. The van der Waals surface area contributed by atoms with E-state index in [1.165, 1.54) is 70.6 Å². The summed E-state index contributed by atoms with van der Waals surface area (Å²) in [5.41, 5.74) is 0. The van der Waals surface area contributed by atoms with Crippen molar-refractivity contribution in [3.63, 3.8) is 0 Å². The Kier molecular flexibility index (Phi) is 17.7. The van der Waals surface area contributed by atoms with Crippen LogP contribution in [-0.2, 0) is 4.74 Å². The highest BCUT2D eigenvalue weighted by Gasteiger charge is 2.02. The van der Waals surface area contributed by atoms with Crippen LogP contribution in [0.3, 0.4) is 0 Å². The largest absolute Gasteiger partial charge is 0.494 e. The third kappa shape index (κ3) is 15.7. The van der Waals surface area contributed by atoms with Gasteiger partial charge in [-0.2, -0.15) is 0 Å². The zero-order valence-electron chi connectivity index (χ0n) is 15.5. The molecule has 0 amide bonds. The molecule has 130 valence electrons. The lowest BCUT2D eigenvalue weighted by molar-refractivity contribution is 0.173. The normalized spacial score (nSPS) is 13.2. The van der Waals surface area contributed by atoms with Crippen molar-refractivity contribution in [3.05, 3.63) is 24.5 Å². The second-order valence-corrected chi connectivity index (χ2v) is 6.33. The molecular weight excluding hydrogens is 268 g/mol. The summed E-state index contributed by atoms with van der Waals surface area (Å²) in [6, 6.07) is 0. The standard InChI is InChI=1S/C21H40O/c1-4-7-9-11-12-13-15-17-20-22-21(18-6-3)19-16-14-10-8-5-2/h6,17-18,20-21H,4-5,7-16,19H2,1-3H3/b18-6+,20-17+. The maximum absolute atomic E-state index is 5.87. The second-order valence-electron chi connectivity index (χ2n) is 6.33. The van der Waals surface area contributed by atoms with Crippen molar-refractivity contribution < 1.29 is 4.74 Å². The Morgan fingerprint density at radius 1 is 0.773 bits per heavy atom. The fourth-order valence-electron chi connectivity index (χ4n) is 2.64. The van der Waals surface area contributed by atoms with Crippen LogP contribution in [0.2, 0.25) is 0 Å². The van der Waals surface area contributed by atoms with E-state index in [0.717, 1.165) is 12.8 Å². The summed E-state index contributed by atoms with van der Waals surface area (Å²) in [7, 11) is 0. The summed E-state index contributed by atoms with van der Waals surface area (Å²) in [6.45, 7) is 6.61. The highest BCUT2D eigenvalue weighted by Crippen LogP contribution is 2.12. The lowest BCUT2D eigenvalue weighted by atomic mass is 10.1. The quantitative estimate of drug-likeness (QED) is 0.162. The Bertz CT molecular complexity index is 255. The summed E-state index contributed by atoms with van der Waals surface area (Å²) in [5.74, 6) is 0. The average molecular weight is 309 g/mol. The van der Waals surface area contributed by atoms with E-state index in [1.807, 2.05) is 6.26 Å². The second kappa shape index (κ2) is 18.3. The van der Waals surface area contributed by atoms with E-state index in [0.29, 0.717) is 0 Å². The Hall–Kier alpha value is -0.720. The van der Waals surface area contributed by atoms with Crippen LogP contribution in [0.4, 0.5) is 0 Å². The minimum absolute atomic E-state index is 0.271. The third-order valence-electron chi connectivity index (χ3n) is 4.07. The zero-order chi connectivity index (χ0) is 16.3.